The zero-order chi connectivity index (χ0) is 20.8. The number of halogens is 1. The third kappa shape index (κ3) is 3.13. The van der Waals surface area contributed by atoms with Gasteiger partial charge in [-0.05, 0) is 37.5 Å². The van der Waals surface area contributed by atoms with Crippen molar-refractivity contribution in [1.82, 2.24) is 20.1 Å². The van der Waals surface area contributed by atoms with Crippen molar-refractivity contribution in [3.8, 4) is 16.9 Å². The topological polar surface area (TPSA) is 83.3 Å². The minimum absolute atomic E-state index is 0.206. The summed E-state index contributed by atoms with van der Waals surface area (Å²) < 4.78 is 16.3. The molecule has 8 heteroatoms. The highest BCUT2D eigenvalue weighted by Gasteiger charge is 2.28. The highest BCUT2D eigenvalue weighted by atomic mass is 19.1. The first-order valence-electron chi connectivity index (χ1n) is 10.1. The first kappa shape index (κ1) is 18.7. The van der Waals surface area contributed by atoms with Crippen molar-refractivity contribution in [2.24, 2.45) is 0 Å². The van der Waals surface area contributed by atoms with E-state index in [1.807, 2.05) is 19.1 Å². The Kier molecular flexibility index (Phi) is 4.51. The zero-order valence-electron chi connectivity index (χ0n) is 16.6. The highest BCUT2D eigenvalue weighted by Crippen LogP contribution is 2.31. The molecule has 0 bridgehead atoms. The number of hydrogen-bond acceptors (Lipinski definition) is 5. The number of piperidine rings is 1. The molecule has 2 N–H and O–H groups in total. The Morgan fingerprint density at radius 1 is 1.20 bits per heavy atom. The Bertz CT molecular complexity index is 1110. The third-order valence-electron chi connectivity index (χ3n) is 5.81. The molecule has 1 saturated heterocycles. The first-order valence-corrected chi connectivity index (χ1v) is 10.1. The molecule has 0 aliphatic carbocycles. The number of fused-ring (bicyclic) bond motifs is 1. The second-order valence-corrected chi connectivity index (χ2v) is 7.80. The average molecular weight is 407 g/mol. The molecule has 0 saturated carbocycles. The number of aromatic nitrogens is 3. The molecule has 154 valence electrons. The van der Waals surface area contributed by atoms with Crippen LogP contribution in [-0.4, -0.2) is 45.0 Å². The van der Waals surface area contributed by atoms with E-state index in [2.05, 4.69) is 20.3 Å². The van der Waals surface area contributed by atoms with Crippen LogP contribution in [0.15, 0.2) is 36.5 Å². The standard InChI is InChI=1S/C22H22FN5O2/c1-13-3-2-4-15(23)20(13)16-11-18(21-17(25-16)12-24-22(21)30)28-10-7-19(26-28)27-8-5-14(29)6-9-27/h2-4,7,10-11,14,29H,5-6,8-9,12H2,1H3,(H,24,30). The van der Waals surface area contributed by atoms with E-state index in [1.54, 1.807) is 23.0 Å². The lowest BCUT2D eigenvalue weighted by Gasteiger charge is -2.29. The largest absolute Gasteiger partial charge is 0.393 e. The van der Waals surface area contributed by atoms with E-state index in [4.69, 9.17) is 0 Å². The lowest BCUT2D eigenvalue weighted by atomic mass is 10.0. The van der Waals surface area contributed by atoms with Gasteiger partial charge in [-0.2, -0.15) is 5.10 Å². The van der Waals surface area contributed by atoms with E-state index in [-0.39, 0.29) is 17.8 Å². The van der Waals surface area contributed by atoms with Gasteiger partial charge in [0.2, 0.25) is 0 Å². The highest BCUT2D eigenvalue weighted by molar-refractivity contribution is 6.01. The van der Waals surface area contributed by atoms with Gasteiger partial charge >= 0.3 is 0 Å². The number of pyridine rings is 1. The van der Waals surface area contributed by atoms with Crippen molar-refractivity contribution in [2.75, 3.05) is 18.0 Å². The van der Waals surface area contributed by atoms with Gasteiger partial charge in [0.15, 0.2) is 5.82 Å². The Morgan fingerprint density at radius 3 is 2.77 bits per heavy atom. The predicted octanol–water partition coefficient (Wildman–Crippen LogP) is 2.59. The van der Waals surface area contributed by atoms with Crippen LogP contribution < -0.4 is 10.2 Å². The number of nitrogens with one attached hydrogen (secondary N) is 1. The van der Waals surface area contributed by atoms with E-state index in [0.717, 1.165) is 24.5 Å². The molecule has 2 aliphatic rings. The van der Waals surface area contributed by atoms with Gasteiger partial charge < -0.3 is 15.3 Å². The van der Waals surface area contributed by atoms with Gasteiger partial charge in [0.1, 0.15) is 5.82 Å². The summed E-state index contributed by atoms with van der Waals surface area (Å²) in [7, 11) is 0. The molecule has 2 aliphatic heterocycles. The average Bonchev–Trinajstić information content (AvgIpc) is 3.36. The Balaban J connectivity index is 1.60. The number of aryl methyl sites for hydroxylation is 1. The SMILES string of the molecule is Cc1cccc(F)c1-c1cc(-n2ccc(N3CCC(O)CC3)n2)c2c(n1)CNC2=O. The lowest BCUT2D eigenvalue weighted by molar-refractivity contribution is 0.0965. The molecule has 2 aromatic heterocycles. The van der Waals surface area contributed by atoms with E-state index < -0.39 is 0 Å². The summed E-state index contributed by atoms with van der Waals surface area (Å²) in [6, 6.07) is 8.55. The Labute approximate surface area is 173 Å². The molecule has 4 heterocycles. The summed E-state index contributed by atoms with van der Waals surface area (Å²) in [5.74, 6) is 0.232. The van der Waals surface area contributed by atoms with E-state index >= 15 is 0 Å². The number of aliphatic hydroxyl groups excluding tert-OH is 1. The fourth-order valence-corrected chi connectivity index (χ4v) is 4.19. The van der Waals surface area contributed by atoms with Gasteiger partial charge in [-0.1, -0.05) is 12.1 Å². The number of aliphatic hydroxyl groups is 1. The summed E-state index contributed by atoms with van der Waals surface area (Å²) in [6.45, 7) is 3.60. The molecular weight excluding hydrogens is 385 g/mol. The number of anilines is 1. The van der Waals surface area contributed by atoms with Crippen LogP contribution in [0.25, 0.3) is 16.9 Å². The number of rotatable bonds is 3. The smallest absolute Gasteiger partial charge is 0.255 e. The zero-order valence-corrected chi connectivity index (χ0v) is 16.6. The fraction of sp³-hybridized carbons (Fsp3) is 0.318. The van der Waals surface area contributed by atoms with Crippen LogP contribution in [0.2, 0.25) is 0 Å². The minimum Gasteiger partial charge on any atom is -0.393 e. The van der Waals surface area contributed by atoms with Gasteiger partial charge in [-0.25, -0.2) is 14.1 Å². The van der Waals surface area contributed by atoms with Gasteiger partial charge in [0.25, 0.3) is 5.91 Å². The number of nitrogens with zero attached hydrogens (tertiary/aromatic N) is 4. The quantitative estimate of drug-likeness (QED) is 0.697. The summed E-state index contributed by atoms with van der Waals surface area (Å²) >= 11 is 0. The molecule has 7 nitrogen and oxygen atoms in total. The van der Waals surface area contributed by atoms with E-state index in [9.17, 15) is 14.3 Å². The van der Waals surface area contributed by atoms with Crippen molar-refractivity contribution >= 4 is 11.7 Å². The van der Waals surface area contributed by atoms with Crippen LogP contribution in [-0.2, 0) is 6.54 Å². The minimum atomic E-state index is -0.348. The molecule has 1 aromatic carbocycles. The molecule has 3 aromatic rings. The molecule has 30 heavy (non-hydrogen) atoms. The number of hydrogen-bond donors (Lipinski definition) is 2. The summed E-state index contributed by atoms with van der Waals surface area (Å²) in [5.41, 5.74) is 3.33. The molecule has 0 spiro atoms. The van der Waals surface area contributed by atoms with Gasteiger partial charge in [0, 0.05) is 30.9 Å². The Hall–Kier alpha value is -3.26. The maximum absolute atomic E-state index is 14.6. The third-order valence-corrected chi connectivity index (χ3v) is 5.81. The van der Waals surface area contributed by atoms with Crippen LogP contribution in [0.4, 0.5) is 10.2 Å². The first-order chi connectivity index (χ1) is 14.5. The van der Waals surface area contributed by atoms with Crippen molar-refractivity contribution in [3.05, 3.63) is 59.2 Å². The van der Waals surface area contributed by atoms with Crippen molar-refractivity contribution < 1.29 is 14.3 Å². The number of benzene rings is 1. The fourth-order valence-electron chi connectivity index (χ4n) is 4.19. The molecule has 5 rings (SSSR count). The number of carbonyl (C=O) groups excluding carboxylic acids is 1. The maximum atomic E-state index is 14.6. The van der Waals surface area contributed by atoms with Gasteiger partial charge in [-0.15, -0.1) is 0 Å². The maximum Gasteiger partial charge on any atom is 0.255 e. The van der Waals surface area contributed by atoms with Crippen molar-refractivity contribution in [3.63, 3.8) is 0 Å². The molecule has 0 atom stereocenters. The van der Waals surface area contributed by atoms with Crippen molar-refractivity contribution in [1.29, 1.82) is 0 Å². The van der Waals surface area contributed by atoms with Crippen LogP contribution >= 0.6 is 0 Å². The van der Waals surface area contributed by atoms with Gasteiger partial charge in [0.05, 0.1) is 35.3 Å². The summed E-state index contributed by atoms with van der Waals surface area (Å²) in [5, 5.41) is 17.2. The van der Waals surface area contributed by atoms with E-state index in [1.165, 1.54) is 6.07 Å². The molecule has 0 unspecified atom stereocenters. The molecule has 1 fully saturated rings. The normalized spacial score (nSPS) is 16.6. The number of carbonyl (C=O) groups is 1. The second kappa shape index (κ2) is 7.21. The molecule has 0 radical (unpaired) electrons. The Morgan fingerprint density at radius 2 is 2.00 bits per heavy atom. The summed E-state index contributed by atoms with van der Waals surface area (Å²) in [6.07, 6.45) is 2.95. The lowest BCUT2D eigenvalue weighted by Crippen LogP contribution is -2.36. The van der Waals surface area contributed by atoms with Gasteiger partial charge in [-0.3, -0.25) is 4.79 Å². The van der Waals surface area contributed by atoms with Crippen LogP contribution in [0.1, 0.15) is 34.5 Å². The second-order valence-electron chi connectivity index (χ2n) is 7.80. The molecular formula is C22H22FN5O2. The van der Waals surface area contributed by atoms with Crippen LogP contribution in [0.3, 0.4) is 0 Å². The monoisotopic (exact) mass is 407 g/mol. The summed E-state index contributed by atoms with van der Waals surface area (Å²) in [4.78, 5) is 19.2. The predicted molar refractivity (Wildman–Crippen MR) is 110 cm³/mol. The van der Waals surface area contributed by atoms with Crippen LogP contribution in [0.5, 0.6) is 0 Å². The van der Waals surface area contributed by atoms with E-state index in [0.29, 0.717) is 47.6 Å². The van der Waals surface area contributed by atoms with Crippen LogP contribution in [0, 0.1) is 12.7 Å². The molecule has 1 amide bonds. The number of amides is 1. The van der Waals surface area contributed by atoms with Crippen molar-refractivity contribution in [2.45, 2.75) is 32.4 Å².